The maximum absolute atomic E-state index is 10.4. The minimum Gasteiger partial charge on any atom is -0.508 e. The van der Waals surface area contributed by atoms with Crippen LogP contribution in [0.2, 0.25) is 0 Å². The molecule has 1 aliphatic heterocycles. The van der Waals surface area contributed by atoms with E-state index < -0.39 is 0 Å². The highest BCUT2D eigenvalue weighted by atomic mass is 35.5. The molecule has 2 aliphatic rings. The Bertz CT molecular complexity index is 630. The van der Waals surface area contributed by atoms with Crippen molar-refractivity contribution in [2.45, 2.75) is 58.1 Å². The van der Waals surface area contributed by atoms with Crippen LogP contribution < -0.4 is 0 Å². The molecular formula is C21H32ClNO2. The van der Waals surface area contributed by atoms with Crippen LogP contribution in [0, 0.1) is 5.41 Å². The number of hydrogen-bond acceptors (Lipinski definition) is 3. The van der Waals surface area contributed by atoms with Gasteiger partial charge in [-0.1, -0.05) is 39.0 Å². The van der Waals surface area contributed by atoms with Crippen molar-refractivity contribution in [3.05, 3.63) is 42.0 Å². The van der Waals surface area contributed by atoms with E-state index in [0.29, 0.717) is 18.4 Å². The lowest BCUT2D eigenvalue weighted by molar-refractivity contribution is -0.0601. The zero-order chi connectivity index (χ0) is 17.5. The van der Waals surface area contributed by atoms with Gasteiger partial charge in [0.1, 0.15) is 5.75 Å². The van der Waals surface area contributed by atoms with Crippen LogP contribution in [0.5, 0.6) is 5.75 Å². The number of phenolic OH excluding ortho intramolecular Hbond substituents is 1. The molecule has 1 N–H and O–H groups in total. The van der Waals surface area contributed by atoms with Crippen LogP contribution in [0.15, 0.2) is 30.9 Å². The fraction of sp³-hybridized carbons (Fsp3) is 0.619. The first-order valence-corrected chi connectivity index (χ1v) is 9.09. The average molecular weight is 366 g/mol. The first-order valence-electron chi connectivity index (χ1n) is 9.09. The summed E-state index contributed by atoms with van der Waals surface area (Å²) in [6.07, 6.45) is 4.02. The largest absolute Gasteiger partial charge is 0.508 e. The Morgan fingerprint density at radius 3 is 2.80 bits per heavy atom. The highest BCUT2D eigenvalue weighted by molar-refractivity contribution is 5.85. The molecule has 2 unspecified atom stereocenters. The van der Waals surface area contributed by atoms with Crippen LogP contribution in [-0.4, -0.2) is 41.8 Å². The van der Waals surface area contributed by atoms with Crippen molar-refractivity contribution in [2.24, 2.45) is 5.41 Å². The van der Waals surface area contributed by atoms with Gasteiger partial charge < -0.3 is 9.84 Å². The van der Waals surface area contributed by atoms with E-state index in [1.54, 1.807) is 0 Å². The molecule has 1 saturated heterocycles. The molecule has 1 aliphatic carbocycles. The molecule has 0 amide bonds. The maximum atomic E-state index is 10.4. The average Bonchev–Trinajstić information content (AvgIpc) is 2.52. The molecule has 2 bridgehead atoms. The van der Waals surface area contributed by atoms with E-state index >= 15 is 0 Å². The van der Waals surface area contributed by atoms with Gasteiger partial charge in [-0.2, -0.15) is 0 Å². The Balaban J connectivity index is 0.00000225. The number of piperidine rings is 1. The fourth-order valence-electron chi connectivity index (χ4n) is 4.87. The second-order valence-electron chi connectivity index (χ2n) is 8.25. The van der Waals surface area contributed by atoms with Crippen LogP contribution in [-0.2, 0) is 16.6 Å². The summed E-state index contributed by atoms with van der Waals surface area (Å²) in [5.41, 5.74) is 2.75. The van der Waals surface area contributed by atoms with Gasteiger partial charge in [-0.05, 0) is 48.9 Å². The summed E-state index contributed by atoms with van der Waals surface area (Å²) in [7, 11) is 0. The lowest BCUT2D eigenvalue weighted by atomic mass is 9.51. The third-order valence-corrected chi connectivity index (χ3v) is 6.73. The van der Waals surface area contributed by atoms with Crippen LogP contribution >= 0.6 is 12.4 Å². The smallest absolute Gasteiger partial charge is 0.119 e. The van der Waals surface area contributed by atoms with Gasteiger partial charge in [0.2, 0.25) is 0 Å². The van der Waals surface area contributed by atoms with Gasteiger partial charge in [-0.15, -0.1) is 19.0 Å². The van der Waals surface area contributed by atoms with Crippen molar-refractivity contribution in [1.82, 2.24) is 4.90 Å². The molecule has 0 radical (unpaired) electrons. The molecule has 3 atom stereocenters. The predicted molar refractivity (Wildman–Crippen MR) is 106 cm³/mol. The van der Waals surface area contributed by atoms with Crippen molar-refractivity contribution in [2.75, 3.05) is 19.7 Å². The molecule has 4 heteroatoms. The summed E-state index contributed by atoms with van der Waals surface area (Å²) in [5.74, 6) is 0.456. The van der Waals surface area contributed by atoms with Gasteiger partial charge >= 0.3 is 0 Å². The van der Waals surface area contributed by atoms with E-state index in [4.69, 9.17) is 4.74 Å². The molecule has 3 rings (SSSR count). The first-order chi connectivity index (χ1) is 11.3. The summed E-state index contributed by atoms with van der Waals surface area (Å²) < 4.78 is 5.81. The number of likely N-dealkylation sites (tertiary alicyclic amines) is 1. The zero-order valence-electron chi connectivity index (χ0n) is 15.9. The first kappa shape index (κ1) is 20.3. The maximum Gasteiger partial charge on any atom is 0.119 e. The number of halogens is 1. The van der Waals surface area contributed by atoms with E-state index in [1.807, 2.05) is 18.2 Å². The number of aromatic hydroxyl groups is 1. The number of hydrogen-bond donors (Lipinski definition) is 1. The molecule has 25 heavy (non-hydrogen) atoms. The Morgan fingerprint density at radius 1 is 1.40 bits per heavy atom. The van der Waals surface area contributed by atoms with E-state index in [1.165, 1.54) is 5.56 Å². The molecule has 1 aromatic carbocycles. The second-order valence-corrected chi connectivity index (χ2v) is 8.25. The molecule has 0 saturated carbocycles. The van der Waals surface area contributed by atoms with E-state index in [2.05, 4.69) is 45.2 Å². The summed E-state index contributed by atoms with van der Waals surface area (Å²) in [6.45, 7) is 15.7. The quantitative estimate of drug-likeness (QED) is 0.789. The number of rotatable bonds is 5. The van der Waals surface area contributed by atoms with E-state index in [9.17, 15) is 5.11 Å². The topological polar surface area (TPSA) is 32.7 Å². The van der Waals surface area contributed by atoms with Crippen molar-refractivity contribution in [3.63, 3.8) is 0 Å². The number of fused-ring (bicyclic) bond motifs is 4. The van der Waals surface area contributed by atoms with Crippen LogP contribution in [0.25, 0.3) is 0 Å². The third kappa shape index (κ3) is 3.22. The van der Waals surface area contributed by atoms with Gasteiger partial charge in [-0.3, -0.25) is 4.90 Å². The normalized spacial score (nSPS) is 28.6. The lowest BCUT2D eigenvalue weighted by Crippen LogP contribution is -2.64. The summed E-state index contributed by atoms with van der Waals surface area (Å²) in [4.78, 5) is 2.57. The van der Waals surface area contributed by atoms with Gasteiger partial charge in [0, 0.05) is 18.0 Å². The van der Waals surface area contributed by atoms with Crippen LogP contribution in [0.4, 0.5) is 0 Å². The van der Waals surface area contributed by atoms with E-state index in [0.717, 1.165) is 31.5 Å². The van der Waals surface area contributed by atoms with Crippen LogP contribution in [0.3, 0.4) is 0 Å². The van der Waals surface area contributed by atoms with Crippen molar-refractivity contribution < 1.29 is 9.84 Å². The van der Waals surface area contributed by atoms with Gasteiger partial charge in [0.05, 0.1) is 12.7 Å². The molecule has 1 heterocycles. The molecule has 0 spiro atoms. The highest BCUT2D eigenvalue weighted by Crippen LogP contribution is 2.57. The van der Waals surface area contributed by atoms with E-state index in [-0.39, 0.29) is 29.3 Å². The molecule has 1 fully saturated rings. The fourth-order valence-corrected chi connectivity index (χ4v) is 4.87. The molecule has 0 aromatic heterocycles. The third-order valence-electron chi connectivity index (χ3n) is 6.73. The molecular weight excluding hydrogens is 334 g/mol. The Morgan fingerprint density at radius 2 is 2.12 bits per heavy atom. The standard InChI is InChI=1S/C21H31NO2.ClH/c1-6-12-24-15(2)14-22-11-10-21(5)17-8-7-9-18(23)16(17)13-19(22)20(21,3)4;/h6-9,15,19,23H,1,10-14H2,2-5H3;1H/t15?,19-,21?;/m1./s1. The SMILES string of the molecule is C=CCOC(C)CN1CCC2(C)c3cccc(O)c3C[C@@H]1C2(C)C.Cl. The van der Waals surface area contributed by atoms with Crippen molar-refractivity contribution in [3.8, 4) is 5.75 Å². The lowest BCUT2D eigenvalue weighted by Gasteiger charge is -2.61. The molecule has 1 aromatic rings. The number of phenols is 1. The number of nitrogens with zero attached hydrogens (tertiary/aromatic N) is 1. The van der Waals surface area contributed by atoms with Crippen molar-refractivity contribution >= 4 is 12.4 Å². The zero-order valence-corrected chi connectivity index (χ0v) is 16.7. The Hall–Kier alpha value is -1.03. The molecule has 3 nitrogen and oxygen atoms in total. The summed E-state index contributed by atoms with van der Waals surface area (Å²) >= 11 is 0. The Labute approximate surface area is 158 Å². The minimum absolute atomic E-state index is 0. The summed E-state index contributed by atoms with van der Waals surface area (Å²) in [5, 5.41) is 10.4. The number of benzene rings is 1. The monoisotopic (exact) mass is 365 g/mol. The molecule has 140 valence electrons. The Kier molecular flexibility index (Phi) is 5.92. The number of ether oxygens (including phenoxy) is 1. The highest BCUT2D eigenvalue weighted by Gasteiger charge is 2.56. The van der Waals surface area contributed by atoms with Crippen LogP contribution in [0.1, 0.15) is 45.2 Å². The van der Waals surface area contributed by atoms with Gasteiger partial charge in [0.15, 0.2) is 0 Å². The van der Waals surface area contributed by atoms with Gasteiger partial charge in [-0.25, -0.2) is 0 Å². The minimum atomic E-state index is 0. The predicted octanol–water partition coefficient (Wildman–Crippen LogP) is 4.32. The van der Waals surface area contributed by atoms with Gasteiger partial charge in [0.25, 0.3) is 0 Å². The van der Waals surface area contributed by atoms with Crippen molar-refractivity contribution in [1.29, 1.82) is 0 Å². The second kappa shape index (κ2) is 7.30. The summed E-state index contributed by atoms with van der Waals surface area (Å²) in [6, 6.07) is 6.47.